The summed E-state index contributed by atoms with van der Waals surface area (Å²) in [5.41, 5.74) is 0. The quantitative estimate of drug-likeness (QED) is 0.0268. The topological polar surface area (TPSA) is 52.6 Å². The Morgan fingerprint density at radius 3 is 0.782 bits per heavy atom. The van der Waals surface area contributed by atoms with Crippen molar-refractivity contribution in [1.29, 1.82) is 0 Å². The zero-order valence-corrected chi connectivity index (χ0v) is 37.5. The molecule has 0 fully saturated rings. The van der Waals surface area contributed by atoms with Crippen molar-refractivity contribution in [2.45, 2.75) is 290 Å². The van der Waals surface area contributed by atoms with Gasteiger partial charge in [0.15, 0.2) is 0 Å². The lowest BCUT2D eigenvalue weighted by Gasteiger charge is -2.16. The zero-order chi connectivity index (χ0) is 40.0. The van der Waals surface area contributed by atoms with Gasteiger partial charge in [-0.25, -0.2) is 0 Å². The highest BCUT2D eigenvalue weighted by Crippen LogP contribution is 2.16. The van der Waals surface area contributed by atoms with Crippen LogP contribution in [0, 0.1) is 0 Å². The third kappa shape index (κ3) is 45.0. The molecule has 0 saturated carbocycles. The summed E-state index contributed by atoms with van der Waals surface area (Å²) < 4.78 is 10.9. The first-order chi connectivity index (χ1) is 27.1. The molecule has 0 aromatic rings. The van der Waals surface area contributed by atoms with Gasteiger partial charge >= 0.3 is 11.9 Å². The van der Waals surface area contributed by atoms with E-state index in [0.29, 0.717) is 19.3 Å². The van der Waals surface area contributed by atoms with Crippen LogP contribution in [0.3, 0.4) is 0 Å². The van der Waals surface area contributed by atoms with Crippen LogP contribution in [-0.4, -0.2) is 18.2 Å². The number of rotatable bonds is 45. The number of esters is 2. The molecule has 4 nitrogen and oxygen atoms in total. The van der Waals surface area contributed by atoms with Gasteiger partial charge in [-0.1, -0.05) is 225 Å². The van der Waals surface area contributed by atoms with Gasteiger partial charge in [0, 0.05) is 19.3 Å². The standard InChI is InChI=1S/C51H96O4/c1-4-7-9-11-13-15-17-19-21-23-25-27-29-31-33-35-37-39-41-43-45-47-49(52)54-51(6-3)55-50(53)48-46-44-42-40-38-36-34-32-30-28-26-24-22-20-18-16-14-12-10-8-5-2/h19-22,51H,4-18,23-48H2,1-3H3/b21-19-,22-20-. The van der Waals surface area contributed by atoms with Crippen molar-refractivity contribution in [3.8, 4) is 0 Å². The van der Waals surface area contributed by atoms with Crippen molar-refractivity contribution in [3.05, 3.63) is 24.3 Å². The van der Waals surface area contributed by atoms with Gasteiger partial charge in [0.2, 0.25) is 6.29 Å². The Morgan fingerprint density at radius 2 is 0.545 bits per heavy atom. The van der Waals surface area contributed by atoms with E-state index in [1.54, 1.807) is 0 Å². The van der Waals surface area contributed by atoms with Crippen LogP contribution in [0.2, 0.25) is 0 Å². The summed E-state index contributed by atoms with van der Waals surface area (Å²) in [6, 6.07) is 0. The lowest BCUT2D eigenvalue weighted by molar-refractivity contribution is -0.188. The fourth-order valence-electron chi connectivity index (χ4n) is 7.40. The number of hydrogen-bond acceptors (Lipinski definition) is 4. The summed E-state index contributed by atoms with van der Waals surface area (Å²) in [6.45, 7) is 6.46. The van der Waals surface area contributed by atoms with Crippen molar-refractivity contribution >= 4 is 11.9 Å². The Labute approximate surface area is 344 Å². The number of unbranched alkanes of at least 4 members (excludes halogenated alkanes) is 34. The number of allylic oxidation sites excluding steroid dienone is 4. The molecule has 0 aliphatic heterocycles. The molecule has 0 rings (SSSR count). The number of carbonyl (C=O) groups excluding carboxylic acids is 2. The minimum absolute atomic E-state index is 0.237. The van der Waals surface area contributed by atoms with Crippen LogP contribution < -0.4 is 0 Å². The minimum atomic E-state index is -0.738. The molecule has 0 aromatic carbocycles. The van der Waals surface area contributed by atoms with Gasteiger partial charge in [-0.15, -0.1) is 0 Å². The first-order valence-electron chi connectivity index (χ1n) is 24.8. The molecule has 0 amide bonds. The molecule has 324 valence electrons. The second kappa shape index (κ2) is 46.8. The molecular weight excluding hydrogens is 677 g/mol. The van der Waals surface area contributed by atoms with Gasteiger partial charge in [-0.3, -0.25) is 9.59 Å². The van der Waals surface area contributed by atoms with Crippen LogP contribution in [0.15, 0.2) is 24.3 Å². The number of carbonyl (C=O) groups is 2. The highest BCUT2D eigenvalue weighted by molar-refractivity contribution is 5.71. The molecule has 0 N–H and O–H groups in total. The maximum Gasteiger partial charge on any atom is 0.308 e. The van der Waals surface area contributed by atoms with Gasteiger partial charge in [-0.05, 0) is 64.2 Å². The molecule has 0 unspecified atom stereocenters. The molecule has 55 heavy (non-hydrogen) atoms. The predicted molar refractivity (Wildman–Crippen MR) is 241 cm³/mol. The minimum Gasteiger partial charge on any atom is -0.425 e. The van der Waals surface area contributed by atoms with E-state index in [2.05, 4.69) is 38.2 Å². The smallest absolute Gasteiger partial charge is 0.308 e. The van der Waals surface area contributed by atoms with Crippen LogP contribution in [0.25, 0.3) is 0 Å². The molecule has 0 heterocycles. The Morgan fingerprint density at radius 1 is 0.327 bits per heavy atom. The highest BCUT2D eigenvalue weighted by atomic mass is 16.7. The van der Waals surface area contributed by atoms with E-state index in [0.717, 1.165) is 25.7 Å². The van der Waals surface area contributed by atoms with E-state index in [1.165, 1.54) is 218 Å². The Balaban J connectivity index is 3.48. The summed E-state index contributed by atoms with van der Waals surface area (Å²) >= 11 is 0. The second-order valence-corrected chi connectivity index (χ2v) is 16.7. The summed E-state index contributed by atoms with van der Waals surface area (Å²) in [7, 11) is 0. The fourth-order valence-corrected chi connectivity index (χ4v) is 7.40. The Hall–Kier alpha value is -1.58. The molecule has 0 spiro atoms. The van der Waals surface area contributed by atoms with Crippen molar-refractivity contribution in [2.75, 3.05) is 0 Å². The van der Waals surface area contributed by atoms with E-state index < -0.39 is 6.29 Å². The van der Waals surface area contributed by atoms with Crippen LogP contribution in [0.1, 0.15) is 284 Å². The summed E-state index contributed by atoms with van der Waals surface area (Å²) in [5, 5.41) is 0. The van der Waals surface area contributed by atoms with Crippen molar-refractivity contribution in [3.63, 3.8) is 0 Å². The molecule has 0 atom stereocenters. The maximum atomic E-state index is 12.3. The van der Waals surface area contributed by atoms with Gasteiger partial charge in [0.25, 0.3) is 0 Å². The summed E-state index contributed by atoms with van der Waals surface area (Å²) in [5.74, 6) is -0.474. The maximum absolute atomic E-state index is 12.3. The third-order valence-electron chi connectivity index (χ3n) is 11.1. The monoisotopic (exact) mass is 773 g/mol. The van der Waals surface area contributed by atoms with E-state index in [1.807, 2.05) is 6.92 Å². The first kappa shape index (κ1) is 53.4. The Kier molecular flexibility index (Phi) is 45.5. The van der Waals surface area contributed by atoms with Crippen LogP contribution in [0.4, 0.5) is 0 Å². The van der Waals surface area contributed by atoms with Gasteiger partial charge in [0.1, 0.15) is 0 Å². The lowest BCUT2D eigenvalue weighted by Crippen LogP contribution is -2.23. The predicted octanol–water partition coefficient (Wildman–Crippen LogP) is 17.6. The molecular formula is C51H96O4. The van der Waals surface area contributed by atoms with E-state index in [-0.39, 0.29) is 11.9 Å². The van der Waals surface area contributed by atoms with Crippen LogP contribution in [-0.2, 0) is 19.1 Å². The van der Waals surface area contributed by atoms with Gasteiger partial charge in [-0.2, -0.15) is 0 Å². The number of ether oxygens (including phenoxy) is 2. The van der Waals surface area contributed by atoms with E-state index in [4.69, 9.17) is 9.47 Å². The van der Waals surface area contributed by atoms with Gasteiger partial charge < -0.3 is 9.47 Å². The normalized spacial score (nSPS) is 11.8. The van der Waals surface area contributed by atoms with E-state index >= 15 is 0 Å². The summed E-state index contributed by atoms with van der Waals surface area (Å²) in [6.07, 6.45) is 59.6. The third-order valence-corrected chi connectivity index (χ3v) is 11.1. The molecule has 0 aliphatic carbocycles. The summed E-state index contributed by atoms with van der Waals surface area (Å²) in [4.78, 5) is 24.7. The largest absolute Gasteiger partial charge is 0.425 e. The zero-order valence-electron chi connectivity index (χ0n) is 37.5. The van der Waals surface area contributed by atoms with Crippen molar-refractivity contribution in [1.82, 2.24) is 0 Å². The van der Waals surface area contributed by atoms with Crippen LogP contribution in [0.5, 0.6) is 0 Å². The van der Waals surface area contributed by atoms with Crippen molar-refractivity contribution in [2.24, 2.45) is 0 Å². The molecule has 4 heteroatoms. The van der Waals surface area contributed by atoms with E-state index in [9.17, 15) is 9.59 Å². The second-order valence-electron chi connectivity index (χ2n) is 16.7. The SMILES string of the molecule is CCCCCCCC/C=C\CCCCCCCCCCCCCC(=O)OC(CC)OC(=O)CCCCCCCCCCCCC/C=C\CCCCCCCC. The number of hydrogen-bond donors (Lipinski definition) is 0. The highest BCUT2D eigenvalue weighted by Gasteiger charge is 2.17. The molecule has 0 bridgehead atoms. The molecule has 0 aliphatic rings. The van der Waals surface area contributed by atoms with Gasteiger partial charge in [0.05, 0.1) is 0 Å². The van der Waals surface area contributed by atoms with Crippen molar-refractivity contribution < 1.29 is 19.1 Å². The molecule has 0 radical (unpaired) electrons. The fraction of sp³-hybridized carbons (Fsp3) is 0.882. The average molecular weight is 773 g/mol. The molecule has 0 saturated heterocycles. The Bertz CT molecular complexity index is 767. The van der Waals surface area contributed by atoms with Crippen LogP contribution >= 0.6 is 0 Å². The molecule has 0 aromatic heterocycles. The average Bonchev–Trinajstić information content (AvgIpc) is 3.18. The first-order valence-corrected chi connectivity index (χ1v) is 24.8. The lowest BCUT2D eigenvalue weighted by atomic mass is 10.0.